The fraction of sp³-hybridized carbons (Fsp3) is 0. The van der Waals surface area contributed by atoms with Crippen LogP contribution in [0.5, 0.6) is 5.75 Å². The SMILES string of the molecule is Nc1cccc(C(=O)Nc2cc(S(=O)(=O)O)cc3cccc(O)c23)c1. The van der Waals surface area contributed by atoms with E-state index in [-0.39, 0.29) is 22.4 Å². The van der Waals surface area contributed by atoms with Gasteiger partial charge in [-0.1, -0.05) is 18.2 Å². The molecule has 3 aromatic rings. The van der Waals surface area contributed by atoms with Crippen LogP contribution in [0.3, 0.4) is 0 Å². The third-order valence-electron chi connectivity index (χ3n) is 3.62. The van der Waals surface area contributed by atoms with Crippen LogP contribution < -0.4 is 11.1 Å². The van der Waals surface area contributed by atoms with E-state index in [2.05, 4.69) is 5.32 Å². The number of nitrogens with one attached hydrogen (secondary N) is 1. The van der Waals surface area contributed by atoms with Crippen molar-refractivity contribution in [2.75, 3.05) is 11.1 Å². The predicted octanol–water partition coefficient (Wildman–Crippen LogP) is 2.63. The highest BCUT2D eigenvalue weighted by atomic mass is 32.2. The van der Waals surface area contributed by atoms with E-state index in [9.17, 15) is 22.9 Å². The lowest BCUT2D eigenvalue weighted by Crippen LogP contribution is -2.13. The molecule has 0 fully saturated rings. The van der Waals surface area contributed by atoms with Crippen LogP contribution >= 0.6 is 0 Å². The minimum atomic E-state index is -4.49. The molecule has 3 aromatic carbocycles. The molecule has 0 aliphatic carbocycles. The highest BCUT2D eigenvalue weighted by molar-refractivity contribution is 7.85. The number of benzene rings is 3. The maximum absolute atomic E-state index is 12.4. The standard InChI is InChI=1S/C17H14N2O5S/c18-12-5-1-4-11(7-12)17(21)19-14-9-13(25(22,23)24)8-10-3-2-6-15(20)16(10)14/h1-9,20H,18H2,(H,19,21)(H,22,23,24). The Hall–Kier alpha value is -3.10. The van der Waals surface area contributed by atoms with E-state index in [0.717, 1.165) is 6.07 Å². The third-order valence-corrected chi connectivity index (χ3v) is 4.45. The Balaban J connectivity index is 2.15. The van der Waals surface area contributed by atoms with E-state index in [1.807, 2.05) is 0 Å². The van der Waals surface area contributed by atoms with Crippen LogP contribution in [0.1, 0.15) is 10.4 Å². The summed E-state index contributed by atoms with van der Waals surface area (Å²) in [7, 11) is -4.49. The largest absolute Gasteiger partial charge is 0.507 e. The van der Waals surface area contributed by atoms with E-state index < -0.39 is 20.9 Å². The number of phenolic OH excluding ortho intramolecular Hbond substituents is 1. The van der Waals surface area contributed by atoms with Gasteiger partial charge in [-0.15, -0.1) is 0 Å². The zero-order valence-corrected chi connectivity index (χ0v) is 13.6. The van der Waals surface area contributed by atoms with Gasteiger partial charge in [0.15, 0.2) is 0 Å². The van der Waals surface area contributed by atoms with Crippen molar-refractivity contribution in [2.45, 2.75) is 4.90 Å². The second-order valence-corrected chi connectivity index (χ2v) is 6.82. The zero-order chi connectivity index (χ0) is 18.2. The maximum Gasteiger partial charge on any atom is 0.294 e. The van der Waals surface area contributed by atoms with Gasteiger partial charge in [-0.3, -0.25) is 9.35 Å². The fourth-order valence-electron chi connectivity index (χ4n) is 2.50. The van der Waals surface area contributed by atoms with Crippen LogP contribution in [0.25, 0.3) is 10.8 Å². The first kappa shape index (κ1) is 16.7. The lowest BCUT2D eigenvalue weighted by Gasteiger charge is -2.12. The Morgan fingerprint density at radius 3 is 2.44 bits per heavy atom. The van der Waals surface area contributed by atoms with E-state index in [0.29, 0.717) is 11.1 Å². The zero-order valence-electron chi connectivity index (χ0n) is 12.8. The fourth-order valence-corrected chi connectivity index (χ4v) is 3.05. The number of aromatic hydroxyl groups is 1. The summed E-state index contributed by atoms with van der Waals surface area (Å²) >= 11 is 0. The van der Waals surface area contributed by atoms with Gasteiger partial charge in [0, 0.05) is 16.6 Å². The average molecular weight is 358 g/mol. The van der Waals surface area contributed by atoms with Crippen molar-refractivity contribution in [1.29, 1.82) is 0 Å². The van der Waals surface area contributed by atoms with E-state index in [1.165, 1.54) is 24.3 Å². The first-order valence-corrected chi connectivity index (χ1v) is 8.60. The van der Waals surface area contributed by atoms with Gasteiger partial charge in [-0.2, -0.15) is 8.42 Å². The van der Waals surface area contributed by atoms with Crippen LogP contribution in [0.4, 0.5) is 11.4 Å². The molecule has 0 heterocycles. The topological polar surface area (TPSA) is 130 Å². The van der Waals surface area contributed by atoms with Crippen LogP contribution in [0.2, 0.25) is 0 Å². The van der Waals surface area contributed by atoms with Gasteiger partial charge < -0.3 is 16.2 Å². The molecule has 7 nitrogen and oxygen atoms in total. The van der Waals surface area contributed by atoms with E-state index in [4.69, 9.17) is 5.73 Å². The van der Waals surface area contributed by atoms with Crippen molar-refractivity contribution in [3.8, 4) is 5.75 Å². The second kappa shape index (κ2) is 6.08. The summed E-state index contributed by atoms with van der Waals surface area (Å²) in [5, 5.41) is 13.2. The molecule has 128 valence electrons. The van der Waals surface area contributed by atoms with Crippen molar-refractivity contribution in [2.24, 2.45) is 0 Å². The maximum atomic E-state index is 12.4. The molecule has 0 aromatic heterocycles. The first-order valence-electron chi connectivity index (χ1n) is 7.16. The molecule has 0 atom stereocenters. The molecule has 0 bridgehead atoms. The normalized spacial score (nSPS) is 11.4. The van der Waals surface area contributed by atoms with Crippen molar-refractivity contribution in [1.82, 2.24) is 0 Å². The van der Waals surface area contributed by atoms with Gasteiger partial charge in [0.1, 0.15) is 5.75 Å². The molecule has 25 heavy (non-hydrogen) atoms. The number of fused-ring (bicyclic) bond motifs is 1. The Kier molecular flexibility index (Phi) is 4.07. The summed E-state index contributed by atoms with van der Waals surface area (Å²) in [5.74, 6) is -0.674. The molecule has 1 amide bonds. The number of anilines is 2. The average Bonchev–Trinajstić information content (AvgIpc) is 2.53. The van der Waals surface area contributed by atoms with Crippen molar-refractivity contribution in [3.05, 3.63) is 60.2 Å². The van der Waals surface area contributed by atoms with Crippen molar-refractivity contribution >= 4 is 38.2 Å². The van der Waals surface area contributed by atoms with Gasteiger partial charge in [-0.25, -0.2) is 0 Å². The monoisotopic (exact) mass is 358 g/mol. The summed E-state index contributed by atoms with van der Waals surface area (Å²) in [4.78, 5) is 12.0. The van der Waals surface area contributed by atoms with Gasteiger partial charge >= 0.3 is 0 Å². The van der Waals surface area contributed by atoms with Crippen molar-refractivity contribution < 1.29 is 22.9 Å². The summed E-state index contributed by atoms with van der Waals surface area (Å²) in [6.45, 7) is 0. The number of nitrogen functional groups attached to an aromatic ring is 1. The Morgan fingerprint density at radius 2 is 1.76 bits per heavy atom. The molecule has 0 saturated carbocycles. The third kappa shape index (κ3) is 3.39. The van der Waals surface area contributed by atoms with Crippen LogP contribution in [-0.2, 0) is 10.1 Å². The minimum absolute atomic E-state index is 0.0515. The van der Waals surface area contributed by atoms with Crippen molar-refractivity contribution in [3.63, 3.8) is 0 Å². The molecule has 8 heteroatoms. The number of phenols is 1. The Bertz CT molecular complexity index is 1090. The molecule has 0 radical (unpaired) electrons. The highest BCUT2D eigenvalue weighted by Gasteiger charge is 2.17. The van der Waals surface area contributed by atoms with E-state index >= 15 is 0 Å². The number of carbonyl (C=O) groups excluding carboxylic acids is 1. The summed E-state index contributed by atoms with van der Waals surface area (Å²) < 4.78 is 32.3. The smallest absolute Gasteiger partial charge is 0.294 e. The Labute approximate surface area is 143 Å². The van der Waals surface area contributed by atoms with Crippen LogP contribution in [0, 0.1) is 0 Å². The Morgan fingerprint density at radius 1 is 1.04 bits per heavy atom. The van der Waals surface area contributed by atoms with Crippen LogP contribution in [-0.4, -0.2) is 24.0 Å². The quantitative estimate of drug-likeness (QED) is 0.421. The molecule has 0 aliphatic rings. The molecule has 5 N–H and O–H groups in total. The van der Waals surface area contributed by atoms with Crippen LogP contribution in [0.15, 0.2) is 59.5 Å². The molecule has 0 spiro atoms. The molecule has 0 aliphatic heterocycles. The van der Waals surface area contributed by atoms with Gasteiger partial charge in [0.2, 0.25) is 0 Å². The molecule has 3 rings (SSSR count). The number of nitrogens with two attached hydrogens (primary N) is 1. The molecule has 0 saturated heterocycles. The lowest BCUT2D eigenvalue weighted by atomic mass is 10.1. The second-order valence-electron chi connectivity index (χ2n) is 5.40. The van der Waals surface area contributed by atoms with Gasteiger partial charge in [0.25, 0.3) is 16.0 Å². The minimum Gasteiger partial charge on any atom is -0.507 e. The number of carbonyl (C=O) groups is 1. The van der Waals surface area contributed by atoms with Gasteiger partial charge in [-0.05, 0) is 41.8 Å². The predicted molar refractivity (Wildman–Crippen MR) is 94.2 cm³/mol. The first-order chi connectivity index (χ1) is 11.8. The lowest BCUT2D eigenvalue weighted by molar-refractivity contribution is 0.102. The number of hydrogen-bond acceptors (Lipinski definition) is 5. The number of rotatable bonds is 3. The van der Waals surface area contributed by atoms with E-state index in [1.54, 1.807) is 24.3 Å². The summed E-state index contributed by atoms with van der Waals surface area (Å²) in [6, 6.07) is 13.0. The highest BCUT2D eigenvalue weighted by Crippen LogP contribution is 2.34. The molecular weight excluding hydrogens is 344 g/mol. The number of amides is 1. The molecular formula is C17H14N2O5S. The summed E-state index contributed by atoms with van der Waals surface area (Å²) in [6.07, 6.45) is 0. The summed E-state index contributed by atoms with van der Waals surface area (Å²) in [5.41, 5.74) is 6.36. The van der Waals surface area contributed by atoms with Gasteiger partial charge in [0.05, 0.1) is 10.6 Å². The molecule has 0 unspecified atom stereocenters. The number of hydrogen-bond donors (Lipinski definition) is 4.